The number of nitrogens with one attached hydrogen (secondary N) is 2. The number of amides is 1. The van der Waals surface area contributed by atoms with Crippen LogP contribution in [0.2, 0.25) is 0 Å². The molecule has 1 aromatic heterocycles. The molecule has 0 bridgehead atoms. The van der Waals surface area contributed by atoms with Gasteiger partial charge in [-0.2, -0.15) is 0 Å². The number of aromatic nitrogens is 2. The minimum atomic E-state index is 0.213. The van der Waals surface area contributed by atoms with E-state index in [2.05, 4.69) is 22.1 Å². The van der Waals surface area contributed by atoms with Gasteiger partial charge in [0.15, 0.2) is 0 Å². The Morgan fingerprint density at radius 1 is 1.48 bits per heavy atom. The normalized spacial score (nSPS) is 17.6. The maximum absolute atomic E-state index is 11.8. The zero-order valence-electron chi connectivity index (χ0n) is 13.0. The van der Waals surface area contributed by atoms with Crippen molar-refractivity contribution in [2.75, 3.05) is 6.54 Å². The first-order valence-electron chi connectivity index (χ1n) is 8.35. The van der Waals surface area contributed by atoms with Gasteiger partial charge in [0.25, 0.3) is 0 Å². The molecule has 21 heavy (non-hydrogen) atoms. The zero-order chi connectivity index (χ0) is 14.7. The lowest BCUT2D eigenvalue weighted by Gasteiger charge is -2.16. The number of carbonyl (C=O) groups excluding carboxylic acids is 1. The van der Waals surface area contributed by atoms with Crippen LogP contribution in [0.3, 0.4) is 0 Å². The van der Waals surface area contributed by atoms with Crippen LogP contribution in [0.4, 0.5) is 0 Å². The molecule has 1 aliphatic carbocycles. The Kier molecular flexibility index (Phi) is 4.58. The number of imidazole rings is 1. The van der Waals surface area contributed by atoms with E-state index in [0.717, 1.165) is 58.2 Å². The second-order valence-corrected chi connectivity index (χ2v) is 6.20. The minimum Gasteiger partial charge on any atom is -0.353 e. The first kappa shape index (κ1) is 14.6. The predicted molar refractivity (Wildman–Crippen MR) is 82.0 cm³/mol. The number of nitrogens with zero attached hydrogens (tertiary/aromatic N) is 2. The van der Waals surface area contributed by atoms with Gasteiger partial charge < -0.3 is 15.2 Å². The van der Waals surface area contributed by atoms with Crippen molar-refractivity contribution in [2.24, 2.45) is 0 Å². The third-order valence-electron chi connectivity index (χ3n) is 4.27. The molecule has 0 aromatic carbocycles. The van der Waals surface area contributed by atoms with Gasteiger partial charge in [0.2, 0.25) is 5.91 Å². The fourth-order valence-corrected chi connectivity index (χ4v) is 3.03. The fourth-order valence-electron chi connectivity index (χ4n) is 3.03. The molecule has 0 spiro atoms. The van der Waals surface area contributed by atoms with Crippen molar-refractivity contribution in [1.29, 1.82) is 0 Å². The summed E-state index contributed by atoms with van der Waals surface area (Å²) < 4.78 is 2.38. The summed E-state index contributed by atoms with van der Waals surface area (Å²) >= 11 is 0. The number of carbonyl (C=O) groups is 1. The maximum Gasteiger partial charge on any atom is 0.220 e. The molecule has 2 N–H and O–H groups in total. The van der Waals surface area contributed by atoms with Crippen molar-refractivity contribution in [3.05, 3.63) is 17.2 Å². The van der Waals surface area contributed by atoms with E-state index in [4.69, 9.17) is 4.98 Å². The van der Waals surface area contributed by atoms with Crippen molar-refractivity contribution < 1.29 is 4.79 Å². The van der Waals surface area contributed by atoms with Gasteiger partial charge >= 0.3 is 0 Å². The first-order chi connectivity index (χ1) is 10.3. The molecule has 116 valence electrons. The Bertz CT molecular complexity index is 505. The number of hydrogen-bond donors (Lipinski definition) is 2. The molecule has 1 saturated carbocycles. The number of aryl methyl sites for hydroxylation is 1. The summed E-state index contributed by atoms with van der Waals surface area (Å²) in [6.45, 7) is 5.04. The van der Waals surface area contributed by atoms with Gasteiger partial charge in [-0.3, -0.25) is 4.79 Å². The molecule has 0 radical (unpaired) electrons. The molecule has 0 unspecified atom stereocenters. The average Bonchev–Trinajstić information content (AvgIpc) is 3.21. The van der Waals surface area contributed by atoms with Crippen molar-refractivity contribution in [3.63, 3.8) is 0 Å². The van der Waals surface area contributed by atoms with Crippen LogP contribution in [0.25, 0.3) is 0 Å². The van der Waals surface area contributed by atoms with E-state index in [9.17, 15) is 4.79 Å². The van der Waals surface area contributed by atoms with Crippen LogP contribution in [0, 0.1) is 0 Å². The Balaban J connectivity index is 1.59. The predicted octanol–water partition coefficient (Wildman–Crippen LogP) is 1.54. The summed E-state index contributed by atoms with van der Waals surface area (Å²) in [6, 6.07) is 0.472. The standard InChI is InChI=1S/C16H26N4O/c1-2-4-15-19-13-11-17-9-8-14(13)20(15)10-3-5-16(21)18-12-6-7-12/h12,17H,2-11H2,1H3,(H,18,21). The highest BCUT2D eigenvalue weighted by Gasteiger charge is 2.23. The van der Waals surface area contributed by atoms with Crippen molar-refractivity contribution >= 4 is 5.91 Å². The summed E-state index contributed by atoms with van der Waals surface area (Å²) in [6.07, 6.45) is 7.06. The molecule has 2 aliphatic rings. The van der Waals surface area contributed by atoms with E-state index >= 15 is 0 Å². The van der Waals surface area contributed by atoms with E-state index in [1.807, 2.05) is 0 Å². The summed E-state index contributed by atoms with van der Waals surface area (Å²) in [4.78, 5) is 16.6. The van der Waals surface area contributed by atoms with Crippen molar-refractivity contribution in [1.82, 2.24) is 20.2 Å². The Labute approximate surface area is 126 Å². The van der Waals surface area contributed by atoms with Crippen molar-refractivity contribution in [3.8, 4) is 0 Å². The zero-order valence-corrected chi connectivity index (χ0v) is 13.0. The fraction of sp³-hybridized carbons (Fsp3) is 0.750. The minimum absolute atomic E-state index is 0.213. The van der Waals surface area contributed by atoms with Crippen LogP contribution >= 0.6 is 0 Å². The second kappa shape index (κ2) is 6.60. The molecule has 0 atom stereocenters. The van der Waals surface area contributed by atoms with E-state index < -0.39 is 0 Å². The summed E-state index contributed by atoms with van der Waals surface area (Å²) in [7, 11) is 0. The van der Waals surface area contributed by atoms with E-state index in [1.165, 1.54) is 17.2 Å². The van der Waals surface area contributed by atoms with Gasteiger partial charge in [-0.15, -0.1) is 0 Å². The maximum atomic E-state index is 11.8. The average molecular weight is 290 g/mol. The number of fused-ring (bicyclic) bond motifs is 1. The summed E-state index contributed by atoms with van der Waals surface area (Å²) in [5.41, 5.74) is 2.60. The van der Waals surface area contributed by atoms with Gasteiger partial charge in [-0.05, 0) is 25.7 Å². The SMILES string of the molecule is CCCc1nc2c(n1CCCC(=O)NC1CC1)CCNC2. The highest BCUT2D eigenvalue weighted by Crippen LogP contribution is 2.20. The van der Waals surface area contributed by atoms with Crippen LogP contribution in [-0.2, 0) is 30.7 Å². The molecule has 1 fully saturated rings. The first-order valence-corrected chi connectivity index (χ1v) is 8.35. The highest BCUT2D eigenvalue weighted by atomic mass is 16.1. The largest absolute Gasteiger partial charge is 0.353 e. The quantitative estimate of drug-likeness (QED) is 0.801. The number of hydrogen-bond acceptors (Lipinski definition) is 3. The van der Waals surface area contributed by atoms with Gasteiger partial charge in [0.1, 0.15) is 5.82 Å². The lowest BCUT2D eigenvalue weighted by Crippen LogP contribution is -2.26. The molecule has 0 saturated heterocycles. The topological polar surface area (TPSA) is 59.0 Å². The van der Waals surface area contributed by atoms with E-state index in [1.54, 1.807) is 0 Å². The van der Waals surface area contributed by atoms with Gasteiger partial charge in [-0.25, -0.2) is 4.98 Å². The second-order valence-electron chi connectivity index (χ2n) is 6.20. The Hall–Kier alpha value is -1.36. The molecule has 1 aromatic rings. The molecule has 1 amide bonds. The molecule has 1 aliphatic heterocycles. The van der Waals surface area contributed by atoms with Crippen LogP contribution in [0.1, 0.15) is 56.2 Å². The lowest BCUT2D eigenvalue weighted by atomic mass is 10.1. The van der Waals surface area contributed by atoms with Gasteiger partial charge in [0, 0.05) is 50.6 Å². The van der Waals surface area contributed by atoms with Crippen LogP contribution in [0.5, 0.6) is 0 Å². The Morgan fingerprint density at radius 2 is 2.33 bits per heavy atom. The van der Waals surface area contributed by atoms with E-state index in [0.29, 0.717) is 12.5 Å². The number of rotatable bonds is 7. The van der Waals surface area contributed by atoms with Crippen molar-refractivity contribution in [2.45, 2.75) is 71.0 Å². The molecular weight excluding hydrogens is 264 g/mol. The smallest absolute Gasteiger partial charge is 0.220 e. The Morgan fingerprint density at radius 3 is 3.10 bits per heavy atom. The molecule has 5 heteroatoms. The van der Waals surface area contributed by atoms with Crippen LogP contribution < -0.4 is 10.6 Å². The molecule has 5 nitrogen and oxygen atoms in total. The van der Waals surface area contributed by atoms with Crippen LogP contribution in [-0.4, -0.2) is 28.0 Å². The van der Waals surface area contributed by atoms with Crippen LogP contribution in [0.15, 0.2) is 0 Å². The summed E-state index contributed by atoms with van der Waals surface area (Å²) in [5, 5.41) is 6.45. The molecule has 3 rings (SSSR count). The highest BCUT2D eigenvalue weighted by molar-refractivity contribution is 5.76. The monoisotopic (exact) mass is 290 g/mol. The third kappa shape index (κ3) is 3.64. The summed E-state index contributed by atoms with van der Waals surface area (Å²) in [5.74, 6) is 1.42. The van der Waals surface area contributed by atoms with E-state index in [-0.39, 0.29) is 5.91 Å². The third-order valence-corrected chi connectivity index (χ3v) is 4.27. The van der Waals surface area contributed by atoms with Gasteiger partial charge in [-0.1, -0.05) is 6.92 Å². The molecular formula is C16H26N4O. The van der Waals surface area contributed by atoms with Gasteiger partial charge in [0.05, 0.1) is 5.69 Å². The molecule has 2 heterocycles. The lowest BCUT2D eigenvalue weighted by molar-refractivity contribution is -0.121.